The summed E-state index contributed by atoms with van der Waals surface area (Å²) in [5.41, 5.74) is 24.6. The smallest absolute Gasteiger partial charge is 0.252 e. The van der Waals surface area contributed by atoms with E-state index in [9.17, 15) is 0 Å². The first-order chi connectivity index (χ1) is 42.7. The lowest BCUT2D eigenvalue weighted by Crippen LogP contribution is -2.66. The molecule has 0 bridgehead atoms. The molecule has 0 fully saturated rings. The van der Waals surface area contributed by atoms with Crippen LogP contribution in [0.1, 0.15) is 0 Å². The van der Waals surface area contributed by atoms with Crippen LogP contribution in [-0.4, -0.2) is 13.4 Å². The van der Waals surface area contributed by atoms with Gasteiger partial charge < -0.3 is 29.1 Å². The quantitative estimate of drug-likeness (QED) is 0.127. The highest BCUT2D eigenvalue weighted by molar-refractivity contribution is 7.05. The SMILES string of the molecule is c1ccc(Oc2cc3c4c(c2)N(c2ccccc2)c2c(c(-c5ccccc5)c5c(c2-c2ccccc2)N(c2ccccc2)c2cc(Oc6ccccc6)cc6c2B5c2ccccc2N6c2ccccc2)B4c2ccccc2N3c2ccccc2)cc1. The number of hydrogen-bond donors (Lipinski definition) is 0. The van der Waals surface area contributed by atoms with Crippen molar-refractivity contribution in [1.29, 1.82) is 0 Å². The van der Waals surface area contributed by atoms with Gasteiger partial charge in [0.05, 0.1) is 11.4 Å². The summed E-state index contributed by atoms with van der Waals surface area (Å²) in [5.74, 6) is 2.99. The van der Waals surface area contributed by atoms with E-state index in [1.807, 2.05) is 60.7 Å². The fourth-order valence-electron chi connectivity index (χ4n) is 14.2. The molecule has 13 aromatic rings. The molecule has 13 aromatic carbocycles. The van der Waals surface area contributed by atoms with Crippen molar-refractivity contribution >= 4 is 114 Å². The Morgan fingerprint density at radius 3 is 0.860 bits per heavy atom. The van der Waals surface area contributed by atoms with Crippen LogP contribution in [0, 0.1) is 0 Å². The second-order valence-electron chi connectivity index (χ2n) is 22.3. The van der Waals surface area contributed by atoms with Crippen LogP contribution in [0.4, 0.5) is 68.2 Å². The Morgan fingerprint density at radius 1 is 0.221 bits per heavy atom. The molecule has 4 aliphatic heterocycles. The predicted octanol–water partition coefficient (Wildman–Crippen LogP) is 16.8. The summed E-state index contributed by atoms with van der Waals surface area (Å²) < 4.78 is 14.2. The summed E-state index contributed by atoms with van der Waals surface area (Å²) in [7, 11) is 0. The Morgan fingerprint density at radius 2 is 0.500 bits per heavy atom. The minimum Gasteiger partial charge on any atom is -0.457 e. The van der Waals surface area contributed by atoms with Crippen molar-refractivity contribution in [3.63, 3.8) is 0 Å². The highest BCUT2D eigenvalue weighted by Gasteiger charge is 2.52. The van der Waals surface area contributed by atoms with Crippen molar-refractivity contribution in [3.8, 4) is 45.3 Å². The van der Waals surface area contributed by atoms with Gasteiger partial charge in [-0.3, -0.25) is 0 Å². The van der Waals surface area contributed by atoms with Crippen LogP contribution in [-0.2, 0) is 0 Å². The minimum atomic E-state index is -0.285. The third-order valence-corrected chi connectivity index (χ3v) is 17.4. The molecule has 0 N–H and O–H groups in total. The first kappa shape index (κ1) is 49.4. The second kappa shape index (κ2) is 20.3. The first-order valence-electron chi connectivity index (χ1n) is 29.5. The van der Waals surface area contributed by atoms with Gasteiger partial charge in [-0.15, -0.1) is 0 Å². The fourth-order valence-corrected chi connectivity index (χ4v) is 14.2. The zero-order valence-corrected chi connectivity index (χ0v) is 46.8. The number of hydrogen-bond acceptors (Lipinski definition) is 6. The second-order valence-corrected chi connectivity index (χ2v) is 22.3. The van der Waals surface area contributed by atoms with E-state index in [-0.39, 0.29) is 13.4 Å². The van der Waals surface area contributed by atoms with Crippen molar-refractivity contribution in [2.45, 2.75) is 0 Å². The molecule has 0 atom stereocenters. The topological polar surface area (TPSA) is 31.4 Å². The van der Waals surface area contributed by atoms with Gasteiger partial charge in [-0.05, 0) is 134 Å². The summed E-state index contributed by atoms with van der Waals surface area (Å²) in [6, 6.07) is 114. The van der Waals surface area contributed by atoms with Crippen molar-refractivity contribution in [2.75, 3.05) is 19.6 Å². The Hall–Kier alpha value is -11.2. The Bertz CT molecular complexity index is 4460. The largest absolute Gasteiger partial charge is 0.457 e. The first-order valence-corrected chi connectivity index (χ1v) is 29.5. The lowest BCUT2D eigenvalue weighted by atomic mass is 9.28. The summed E-state index contributed by atoms with van der Waals surface area (Å²) in [6.07, 6.45) is 0. The van der Waals surface area contributed by atoms with E-state index in [1.54, 1.807) is 0 Å². The fraction of sp³-hybridized carbons (Fsp3) is 0. The van der Waals surface area contributed by atoms with E-state index in [1.165, 1.54) is 38.3 Å². The van der Waals surface area contributed by atoms with Gasteiger partial charge in [0, 0.05) is 86.7 Å². The maximum atomic E-state index is 7.10. The van der Waals surface area contributed by atoms with Gasteiger partial charge in [0.25, 0.3) is 13.4 Å². The molecule has 0 unspecified atom stereocenters. The van der Waals surface area contributed by atoms with Crippen LogP contribution in [0.15, 0.2) is 315 Å². The molecule has 17 rings (SSSR count). The van der Waals surface area contributed by atoms with Gasteiger partial charge in [0.1, 0.15) is 23.0 Å². The Kier molecular flexibility index (Phi) is 11.7. The van der Waals surface area contributed by atoms with Crippen LogP contribution in [0.5, 0.6) is 23.0 Å². The van der Waals surface area contributed by atoms with Crippen molar-refractivity contribution in [2.24, 2.45) is 0 Å². The Labute approximate surface area is 501 Å². The molecule has 4 heterocycles. The molecule has 0 radical (unpaired) electrons. The van der Waals surface area contributed by atoms with Gasteiger partial charge in [-0.2, -0.15) is 0 Å². The van der Waals surface area contributed by atoms with Crippen LogP contribution >= 0.6 is 0 Å². The lowest BCUT2D eigenvalue weighted by molar-refractivity contribution is 0.483. The summed E-state index contributed by atoms with van der Waals surface area (Å²) in [5, 5.41) is 0. The molecular formula is C78H52B2N4O2. The molecule has 6 nitrogen and oxygen atoms in total. The maximum Gasteiger partial charge on any atom is 0.252 e. The standard InChI is InChI=1S/C78H52B2N4O2/c1-9-29-53(30-10-1)71-75-77(83(57-37-17-5-18-38-57)69-51-61(85-59-41-21-7-22-42-59)49-67-73(69)79(75)63-45-25-27-47-65(63)81(67)55-33-13-3-14-34-55)72(54-31-11-2-12-32-54)78-76(71)80-64-46-26-28-48-66(64)82(56-35-15-4-16-36-56)68-50-62(86-60-43-23-8-24-44-60)52-70(74(68)80)84(78)58-39-19-6-20-40-58/h1-52H. The van der Waals surface area contributed by atoms with Crippen LogP contribution in [0.25, 0.3) is 22.3 Å². The zero-order valence-electron chi connectivity index (χ0n) is 46.8. The number of ether oxygens (including phenoxy) is 2. The van der Waals surface area contributed by atoms with Gasteiger partial charge in [0.15, 0.2) is 0 Å². The molecule has 0 saturated heterocycles. The maximum absolute atomic E-state index is 7.10. The highest BCUT2D eigenvalue weighted by atomic mass is 16.5. The molecular weight excluding hydrogens is 1050 g/mol. The average molecular weight is 1100 g/mol. The van der Waals surface area contributed by atoms with Crippen molar-refractivity contribution in [3.05, 3.63) is 315 Å². The molecule has 402 valence electrons. The van der Waals surface area contributed by atoms with Crippen LogP contribution in [0.2, 0.25) is 0 Å². The third-order valence-electron chi connectivity index (χ3n) is 17.4. The number of nitrogens with zero attached hydrogens (tertiary/aromatic N) is 4. The lowest BCUT2D eigenvalue weighted by Gasteiger charge is -2.50. The Balaban J connectivity index is 1.09. The van der Waals surface area contributed by atoms with Crippen molar-refractivity contribution in [1.82, 2.24) is 0 Å². The van der Waals surface area contributed by atoms with Crippen molar-refractivity contribution < 1.29 is 9.47 Å². The molecule has 8 heteroatoms. The molecule has 0 saturated carbocycles. The monoisotopic (exact) mass is 1100 g/mol. The van der Waals surface area contributed by atoms with Crippen LogP contribution in [0.3, 0.4) is 0 Å². The number of benzene rings is 13. The van der Waals surface area contributed by atoms with E-state index >= 15 is 0 Å². The summed E-state index contributed by atoms with van der Waals surface area (Å²) in [4.78, 5) is 10.1. The summed E-state index contributed by atoms with van der Waals surface area (Å²) >= 11 is 0. The average Bonchev–Trinajstić information content (AvgIpc) is 0.688. The minimum absolute atomic E-state index is 0.285. The van der Waals surface area contributed by atoms with E-state index in [2.05, 4.69) is 274 Å². The van der Waals surface area contributed by atoms with Crippen LogP contribution < -0.4 is 61.9 Å². The number of anilines is 12. The van der Waals surface area contributed by atoms with Gasteiger partial charge in [0.2, 0.25) is 0 Å². The molecule has 86 heavy (non-hydrogen) atoms. The molecule has 0 aromatic heterocycles. The van der Waals surface area contributed by atoms with E-state index in [4.69, 9.17) is 9.47 Å². The van der Waals surface area contributed by atoms with Gasteiger partial charge >= 0.3 is 0 Å². The molecule has 0 spiro atoms. The summed E-state index contributed by atoms with van der Waals surface area (Å²) in [6.45, 7) is -0.570. The highest BCUT2D eigenvalue weighted by Crippen LogP contribution is 2.56. The van der Waals surface area contributed by atoms with E-state index in [0.717, 1.165) is 108 Å². The molecule has 0 aliphatic carbocycles. The molecule has 0 amide bonds. The normalized spacial score (nSPS) is 13.0. The third kappa shape index (κ3) is 7.84. The van der Waals surface area contributed by atoms with Gasteiger partial charge in [-0.1, -0.05) is 206 Å². The molecule has 4 aliphatic rings. The number of para-hydroxylation sites is 8. The zero-order chi connectivity index (χ0) is 56.7. The van der Waals surface area contributed by atoms with E-state index < -0.39 is 0 Å². The van der Waals surface area contributed by atoms with Gasteiger partial charge in [-0.25, -0.2) is 0 Å². The number of fused-ring (bicyclic) bond motifs is 8. The predicted molar refractivity (Wildman–Crippen MR) is 358 cm³/mol. The van der Waals surface area contributed by atoms with E-state index in [0.29, 0.717) is 0 Å². The number of rotatable bonds is 10.